The highest BCUT2D eigenvalue weighted by Crippen LogP contribution is 2.41. The van der Waals surface area contributed by atoms with Crippen LogP contribution in [0.25, 0.3) is 0 Å². The lowest BCUT2D eigenvalue weighted by atomic mass is 10.0. The van der Waals surface area contributed by atoms with Crippen molar-refractivity contribution < 1.29 is 19.0 Å². The predicted molar refractivity (Wildman–Crippen MR) is 60.8 cm³/mol. The molecule has 88 valence electrons. The van der Waals surface area contributed by atoms with Crippen LogP contribution in [0.1, 0.15) is 22.8 Å². The van der Waals surface area contributed by atoms with Gasteiger partial charge in [-0.2, -0.15) is 0 Å². The van der Waals surface area contributed by atoms with Crippen molar-refractivity contribution in [3.63, 3.8) is 0 Å². The van der Waals surface area contributed by atoms with E-state index < -0.39 is 0 Å². The van der Waals surface area contributed by atoms with E-state index in [2.05, 4.69) is 0 Å². The number of aryl methyl sites for hydroxylation is 1. The molecule has 0 aliphatic carbocycles. The molecule has 0 amide bonds. The summed E-state index contributed by atoms with van der Waals surface area (Å²) in [5, 5.41) is 0. The van der Waals surface area contributed by atoms with Crippen LogP contribution in [-0.4, -0.2) is 27.1 Å². The lowest BCUT2D eigenvalue weighted by molar-refractivity contribution is 0.101. The maximum atomic E-state index is 11.5. The van der Waals surface area contributed by atoms with Gasteiger partial charge in [0.2, 0.25) is 5.75 Å². The topological polar surface area (TPSA) is 44.8 Å². The van der Waals surface area contributed by atoms with Crippen molar-refractivity contribution in [1.29, 1.82) is 0 Å². The van der Waals surface area contributed by atoms with Gasteiger partial charge in [-0.3, -0.25) is 4.79 Å². The minimum Gasteiger partial charge on any atom is -0.493 e. The molecule has 0 aromatic heterocycles. The van der Waals surface area contributed by atoms with Gasteiger partial charge in [-0.25, -0.2) is 0 Å². The standard InChI is InChI=1S/C12H16O4/c1-7-6-9(14-3)11(15-4)12(16-5)10(7)8(2)13/h6H,1-5H3. The summed E-state index contributed by atoms with van der Waals surface area (Å²) in [5.41, 5.74) is 1.34. The van der Waals surface area contributed by atoms with Gasteiger partial charge in [0.25, 0.3) is 0 Å². The van der Waals surface area contributed by atoms with Crippen LogP contribution in [0, 0.1) is 6.92 Å². The van der Waals surface area contributed by atoms with Crippen LogP contribution in [0.3, 0.4) is 0 Å². The monoisotopic (exact) mass is 224 g/mol. The van der Waals surface area contributed by atoms with Crippen LogP contribution in [0.5, 0.6) is 17.2 Å². The highest BCUT2D eigenvalue weighted by atomic mass is 16.5. The number of carbonyl (C=O) groups is 1. The van der Waals surface area contributed by atoms with Crippen molar-refractivity contribution in [3.8, 4) is 17.2 Å². The molecule has 0 atom stereocenters. The number of benzene rings is 1. The van der Waals surface area contributed by atoms with Crippen molar-refractivity contribution in [2.45, 2.75) is 13.8 Å². The van der Waals surface area contributed by atoms with Crippen LogP contribution in [0.4, 0.5) is 0 Å². The largest absolute Gasteiger partial charge is 0.493 e. The molecular formula is C12H16O4. The van der Waals surface area contributed by atoms with Crippen LogP contribution in [-0.2, 0) is 0 Å². The van der Waals surface area contributed by atoms with Crippen LogP contribution < -0.4 is 14.2 Å². The Kier molecular flexibility index (Phi) is 3.77. The number of Topliss-reactive ketones (excluding diaryl/α,β-unsaturated/α-hetero) is 1. The molecule has 1 aromatic rings. The molecule has 0 fully saturated rings. The van der Waals surface area contributed by atoms with Crippen molar-refractivity contribution in [2.24, 2.45) is 0 Å². The second kappa shape index (κ2) is 4.88. The van der Waals surface area contributed by atoms with Gasteiger partial charge in [0.05, 0.1) is 26.9 Å². The number of ketones is 1. The quantitative estimate of drug-likeness (QED) is 0.736. The van der Waals surface area contributed by atoms with Crippen LogP contribution in [0.15, 0.2) is 6.07 Å². The summed E-state index contributed by atoms with van der Waals surface area (Å²) in [7, 11) is 4.56. The Labute approximate surface area is 95.1 Å². The lowest BCUT2D eigenvalue weighted by Crippen LogP contribution is -2.04. The molecule has 0 radical (unpaired) electrons. The second-order valence-corrected chi connectivity index (χ2v) is 3.39. The van der Waals surface area contributed by atoms with Crippen molar-refractivity contribution in [1.82, 2.24) is 0 Å². The first-order valence-electron chi connectivity index (χ1n) is 4.87. The molecule has 0 saturated heterocycles. The van der Waals surface area contributed by atoms with E-state index in [1.54, 1.807) is 13.2 Å². The van der Waals surface area contributed by atoms with E-state index in [4.69, 9.17) is 14.2 Å². The first kappa shape index (κ1) is 12.4. The summed E-state index contributed by atoms with van der Waals surface area (Å²) in [5.74, 6) is 1.37. The fraction of sp³-hybridized carbons (Fsp3) is 0.417. The maximum Gasteiger partial charge on any atom is 0.204 e. The Morgan fingerprint density at radius 1 is 1.06 bits per heavy atom. The molecule has 1 aromatic carbocycles. The molecule has 0 unspecified atom stereocenters. The maximum absolute atomic E-state index is 11.5. The van der Waals surface area contributed by atoms with E-state index >= 15 is 0 Å². The summed E-state index contributed by atoms with van der Waals surface area (Å²) < 4.78 is 15.6. The number of methoxy groups -OCH3 is 3. The molecule has 0 aliphatic rings. The molecule has 4 nitrogen and oxygen atoms in total. The van der Waals surface area contributed by atoms with Crippen molar-refractivity contribution in [3.05, 3.63) is 17.2 Å². The minimum atomic E-state index is -0.0599. The molecule has 0 aliphatic heterocycles. The van der Waals surface area contributed by atoms with E-state index in [0.29, 0.717) is 22.8 Å². The minimum absolute atomic E-state index is 0.0599. The molecule has 4 heteroatoms. The Hall–Kier alpha value is -1.71. The lowest BCUT2D eigenvalue weighted by Gasteiger charge is -2.16. The summed E-state index contributed by atoms with van der Waals surface area (Å²) in [6.07, 6.45) is 0. The van der Waals surface area contributed by atoms with Gasteiger partial charge in [-0.05, 0) is 25.5 Å². The predicted octanol–water partition coefficient (Wildman–Crippen LogP) is 2.22. The van der Waals surface area contributed by atoms with Gasteiger partial charge in [-0.1, -0.05) is 0 Å². The molecule has 0 bridgehead atoms. The Balaban J connectivity index is 3.57. The fourth-order valence-electron chi connectivity index (χ4n) is 1.72. The number of hydrogen-bond acceptors (Lipinski definition) is 4. The third-order valence-electron chi connectivity index (χ3n) is 2.38. The zero-order chi connectivity index (χ0) is 12.3. The third-order valence-corrected chi connectivity index (χ3v) is 2.38. The second-order valence-electron chi connectivity index (χ2n) is 3.39. The first-order valence-corrected chi connectivity index (χ1v) is 4.87. The Morgan fingerprint density at radius 3 is 2.00 bits per heavy atom. The molecule has 1 rings (SSSR count). The van der Waals surface area contributed by atoms with Crippen LogP contribution in [0.2, 0.25) is 0 Å². The fourth-order valence-corrected chi connectivity index (χ4v) is 1.72. The molecule has 0 heterocycles. The van der Waals surface area contributed by atoms with E-state index in [1.807, 2.05) is 6.92 Å². The summed E-state index contributed by atoms with van der Waals surface area (Å²) in [6.45, 7) is 3.33. The molecule has 0 N–H and O–H groups in total. The van der Waals surface area contributed by atoms with Crippen molar-refractivity contribution in [2.75, 3.05) is 21.3 Å². The number of rotatable bonds is 4. The van der Waals surface area contributed by atoms with Gasteiger partial charge in [0.15, 0.2) is 17.3 Å². The normalized spacial score (nSPS) is 9.81. The van der Waals surface area contributed by atoms with E-state index in [1.165, 1.54) is 21.1 Å². The van der Waals surface area contributed by atoms with E-state index in [0.717, 1.165) is 5.56 Å². The third kappa shape index (κ3) is 1.96. The van der Waals surface area contributed by atoms with Gasteiger partial charge < -0.3 is 14.2 Å². The Morgan fingerprint density at radius 2 is 1.62 bits per heavy atom. The summed E-state index contributed by atoms with van der Waals surface area (Å²) in [6, 6.07) is 1.76. The molecule has 0 saturated carbocycles. The van der Waals surface area contributed by atoms with Gasteiger partial charge in [0, 0.05) is 0 Å². The summed E-state index contributed by atoms with van der Waals surface area (Å²) in [4.78, 5) is 11.5. The summed E-state index contributed by atoms with van der Waals surface area (Å²) >= 11 is 0. The van der Waals surface area contributed by atoms with Gasteiger partial charge >= 0.3 is 0 Å². The van der Waals surface area contributed by atoms with Gasteiger partial charge in [-0.15, -0.1) is 0 Å². The number of ether oxygens (including phenoxy) is 3. The number of carbonyl (C=O) groups excluding carboxylic acids is 1. The average Bonchev–Trinajstić information content (AvgIpc) is 2.26. The van der Waals surface area contributed by atoms with E-state index in [9.17, 15) is 4.79 Å². The van der Waals surface area contributed by atoms with Crippen molar-refractivity contribution >= 4 is 5.78 Å². The Bertz CT molecular complexity index is 410. The highest BCUT2D eigenvalue weighted by molar-refractivity contribution is 5.99. The van der Waals surface area contributed by atoms with Gasteiger partial charge in [0.1, 0.15) is 0 Å². The first-order chi connectivity index (χ1) is 7.56. The highest BCUT2D eigenvalue weighted by Gasteiger charge is 2.21. The smallest absolute Gasteiger partial charge is 0.204 e. The average molecular weight is 224 g/mol. The molecule has 0 spiro atoms. The zero-order valence-electron chi connectivity index (χ0n) is 10.2. The zero-order valence-corrected chi connectivity index (χ0v) is 10.2. The molecule has 16 heavy (non-hydrogen) atoms. The van der Waals surface area contributed by atoms with E-state index in [-0.39, 0.29) is 5.78 Å². The molecular weight excluding hydrogens is 208 g/mol. The number of hydrogen-bond donors (Lipinski definition) is 0. The SMILES string of the molecule is COc1cc(C)c(C(C)=O)c(OC)c1OC. The van der Waals surface area contributed by atoms with Crippen LogP contribution >= 0.6 is 0 Å².